The fourth-order valence-electron chi connectivity index (χ4n) is 15.0. The van der Waals surface area contributed by atoms with Gasteiger partial charge in [-0.1, -0.05) is 267 Å². The monoisotopic (exact) mass is 1610 g/mol. The molecule has 0 amide bonds. The van der Waals surface area contributed by atoms with Crippen molar-refractivity contribution in [1.82, 2.24) is 19.9 Å². The molecule has 3 aromatic heterocycles. The summed E-state index contributed by atoms with van der Waals surface area (Å²) in [5.74, 6) is 0. The summed E-state index contributed by atoms with van der Waals surface area (Å²) in [6.07, 6.45) is 7.07. The fraction of sp³-hybridized carbons (Fsp3) is 0. The molecule has 2 N–H and O–H groups in total. The second kappa shape index (κ2) is 30.8. The zero-order valence-electron chi connectivity index (χ0n) is 59.5. The predicted octanol–water partition coefficient (Wildman–Crippen LogP) is 18.7. The van der Waals surface area contributed by atoms with Crippen LogP contribution in [0.25, 0.3) is 180 Å². The standard InChI is InChI=1S/C92H60N4O12S4.Fe.H2O/c97-109(98,99)65-49-69(57-25-9-1-10-26-57)85(70(50-65)58-27-11-2-12-28-58)89-77-41-43-79(93-77)90(86-71(59-29-13-3-14-30-59)51-66(110(100,101)102)52-72(86)60-31-15-4-16-32-60)81-45-47-83(95-81)92(88-75(63-37-21-7-22-38-63)55-68(112(106,107)108)56-76(88)64-39-23-8-24-40-64)84-48-46-82(96-84)91(80-44-42-78(89)94-80)87-73(61-33-17-5-18-34-61)53-67(111(103,104)105)54-74(87)62-35-19-6-20-36-62;;/h1-56H,(H,97,98,99)(H,100,101,102)(H,103,104,105)(H,106,107,108);;1H2/q-2;+2;/p-4. The molecule has 15 aromatic rings. The summed E-state index contributed by atoms with van der Waals surface area (Å²) in [6.45, 7) is 0. The van der Waals surface area contributed by atoms with Gasteiger partial charge in [0, 0.05) is 0 Å². The van der Waals surface area contributed by atoms with Crippen LogP contribution in [0.15, 0.2) is 335 Å². The van der Waals surface area contributed by atoms with Gasteiger partial charge in [-0.25, -0.2) is 43.6 Å². The Morgan fingerprint density at radius 3 is 0.482 bits per heavy atom. The normalized spacial score (nSPS) is 12.1. The van der Waals surface area contributed by atoms with Crippen LogP contribution in [0, 0.1) is 0 Å². The average molecular weight is 1610 g/mol. The average Bonchev–Trinajstić information content (AvgIpc) is 1.40. The van der Waals surface area contributed by atoms with E-state index in [2.05, 4.69) is 0 Å². The molecule has 17 nitrogen and oxygen atoms in total. The molecule has 560 valence electrons. The van der Waals surface area contributed by atoms with Gasteiger partial charge < -0.3 is 33.7 Å². The molecule has 0 saturated heterocycles. The number of hydrogen-bond acceptors (Lipinski definition) is 14. The maximum Gasteiger partial charge on any atom is 2.00 e. The Balaban J connectivity index is 0.00000512. The van der Waals surface area contributed by atoms with Crippen molar-refractivity contribution in [2.45, 2.75) is 19.6 Å². The van der Waals surface area contributed by atoms with Crippen LogP contribution in [0.3, 0.4) is 0 Å². The zero-order chi connectivity index (χ0) is 77.2. The van der Waals surface area contributed by atoms with E-state index in [1.807, 2.05) is 0 Å². The van der Waals surface area contributed by atoms with Crippen LogP contribution in [-0.2, 0) is 57.5 Å². The molecule has 0 radical (unpaired) electrons. The van der Waals surface area contributed by atoms with Crippen molar-refractivity contribution in [3.63, 3.8) is 0 Å². The van der Waals surface area contributed by atoms with Crippen molar-refractivity contribution in [3.05, 3.63) is 338 Å². The minimum atomic E-state index is -5.22. The van der Waals surface area contributed by atoms with Gasteiger partial charge in [0.05, 0.1) is 42.4 Å². The van der Waals surface area contributed by atoms with Crippen molar-refractivity contribution in [3.8, 4) is 134 Å². The van der Waals surface area contributed by atoms with Gasteiger partial charge in [-0.05, 0) is 206 Å². The summed E-state index contributed by atoms with van der Waals surface area (Å²) in [7, 11) is -20.9. The minimum absolute atomic E-state index is 0. The first kappa shape index (κ1) is 76.7. The van der Waals surface area contributed by atoms with E-state index in [-0.39, 0.29) is 112 Å². The Bertz CT molecular complexity index is 5980. The molecule has 2 aliphatic rings. The van der Waals surface area contributed by atoms with Gasteiger partial charge in [0.2, 0.25) is 0 Å². The van der Waals surface area contributed by atoms with Gasteiger partial charge >= 0.3 is 17.1 Å². The Morgan fingerprint density at radius 2 is 0.351 bits per heavy atom. The molecule has 5 heterocycles. The quantitative estimate of drug-likeness (QED) is 0.0641. The molecule has 0 spiro atoms. The molecule has 2 aliphatic heterocycles. The van der Waals surface area contributed by atoms with E-state index < -0.39 is 60.1 Å². The molecule has 0 fully saturated rings. The SMILES string of the molecule is O.O=S(=O)([O-])c1cc(-c2ccccc2)c(-c2c3nc(c(-c4c(-c5ccccc5)cc(S(=O)(=O)[O-])cc4-c4ccccc4)c4ccc([n-]4)c(-c4c(-c5ccccc5)cc(S(=O)(=O)[O-])cc4-c4ccccc4)c4nc(c(-c5c(-c6ccccc6)cc(S(=O)(=O)[O-])cc5-c5ccccc5)c5ccc2[n-]5)C=C4)C=C3)c(-c2ccccc2)c1.[Fe+2]. The van der Waals surface area contributed by atoms with Crippen LogP contribution in [-0.4, -0.2) is 67.3 Å². The second-order valence-electron chi connectivity index (χ2n) is 26.7. The van der Waals surface area contributed by atoms with Crippen LogP contribution in [0.5, 0.6) is 0 Å². The number of benzene rings is 12. The molecule has 114 heavy (non-hydrogen) atoms. The van der Waals surface area contributed by atoms with E-state index in [4.69, 9.17) is 19.9 Å². The first-order valence-electron chi connectivity index (χ1n) is 35.2. The molecule has 0 atom stereocenters. The van der Waals surface area contributed by atoms with Crippen LogP contribution >= 0.6 is 0 Å². The summed E-state index contributed by atoms with van der Waals surface area (Å²) in [4.78, 5) is 20.8. The second-order valence-corrected chi connectivity index (χ2v) is 32.2. The topological polar surface area (TPSA) is 314 Å². The third-order valence-corrected chi connectivity index (χ3v) is 23.1. The molecule has 12 aromatic carbocycles. The van der Waals surface area contributed by atoms with Crippen LogP contribution < -0.4 is 9.97 Å². The largest absolute Gasteiger partial charge is 2.00 e. The number of hydrogen-bond donors (Lipinski definition) is 0. The van der Waals surface area contributed by atoms with E-state index >= 15 is 0 Å². The van der Waals surface area contributed by atoms with Gasteiger partial charge in [-0.15, -0.1) is 22.1 Å². The van der Waals surface area contributed by atoms with Crippen molar-refractivity contribution in [1.29, 1.82) is 0 Å². The third-order valence-electron chi connectivity index (χ3n) is 19.9. The fourth-order valence-corrected chi connectivity index (χ4v) is 17.1. The number of nitrogens with zero attached hydrogens (tertiary/aromatic N) is 4. The van der Waals surface area contributed by atoms with Crippen molar-refractivity contribution in [2.75, 3.05) is 0 Å². The third kappa shape index (κ3) is 14.7. The molecule has 8 bridgehead atoms. The summed E-state index contributed by atoms with van der Waals surface area (Å²) < 4.78 is 165. The smallest absolute Gasteiger partial charge is 0.744 e. The Labute approximate surface area is 667 Å². The van der Waals surface area contributed by atoms with Gasteiger partial charge in [0.25, 0.3) is 0 Å². The van der Waals surface area contributed by atoms with E-state index in [1.54, 1.807) is 291 Å². The number of fused-ring (bicyclic) bond motifs is 8. The van der Waals surface area contributed by atoms with E-state index in [9.17, 15) is 51.9 Å². The first-order valence-corrected chi connectivity index (χ1v) is 40.8. The Morgan fingerprint density at radius 1 is 0.211 bits per heavy atom. The van der Waals surface area contributed by atoms with Crippen molar-refractivity contribution in [2.24, 2.45) is 0 Å². The maximum absolute atomic E-state index is 13.7. The molecule has 17 rings (SSSR count). The molecule has 22 heteroatoms. The molecule has 0 saturated carbocycles. The molecular weight excluding hydrogens is 1550 g/mol. The summed E-state index contributed by atoms with van der Waals surface area (Å²) in [5, 5.41) is 0. The van der Waals surface area contributed by atoms with Crippen molar-refractivity contribution < 1.29 is 74.4 Å². The molecule has 0 unspecified atom stereocenters. The summed E-state index contributed by atoms with van der Waals surface area (Å²) in [6, 6.07) is 89.2. The molecular formula is C92H58FeN4O13S4-4. The number of rotatable bonds is 16. The van der Waals surface area contributed by atoms with Crippen LogP contribution in [0.2, 0.25) is 0 Å². The van der Waals surface area contributed by atoms with E-state index in [0.717, 1.165) is 0 Å². The van der Waals surface area contributed by atoms with Crippen molar-refractivity contribution >= 4 is 86.8 Å². The zero-order valence-corrected chi connectivity index (χ0v) is 63.9. The minimum Gasteiger partial charge on any atom is -0.744 e. The van der Waals surface area contributed by atoms with Gasteiger partial charge in [-0.3, -0.25) is 0 Å². The van der Waals surface area contributed by atoms with Crippen LogP contribution in [0.4, 0.5) is 0 Å². The maximum atomic E-state index is 13.7. The van der Waals surface area contributed by atoms with E-state index in [1.165, 1.54) is 48.5 Å². The van der Waals surface area contributed by atoms with Crippen LogP contribution in [0.1, 0.15) is 22.8 Å². The van der Waals surface area contributed by atoms with E-state index in [0.29, 0.717) is 89.0 Å². The Hall–Kier alpha value is -12.6. The first-order chi connectivity index (χ1) is 54.1. The van der Waals surface area contributed by atoms with Gasteiger partial charge in [-0.2, -0.15) is 0 Å². The number of aromatic nitrogens is 4. The summed E-state index contributed by atoms with van der Waals surface area (Å²) >= 11 is 0. The molecule has 0 aliphatic carbocycles. The Kier molecular flexibility index (Phi) is 20.7. The van der Waals surface area contributed by atoms with Gasteiger partial charge in [0.15, 0.2) is 0 Å². The van der Waals surface area contributed by atoms with Gasteiger partial charge in [0.1, 0.15) is 40.5 Å². The summed E-state index contributed by atoms with van der Waals surface area (Å²) in [5.41, 5.74) is 10.6. The predicted molar refractivity (Wildman–Crippen MR) is 437 cm³/mol.